The summed E-state index contributed by atoms with van der Waals surface area (Å²) in [4.78, 5) is 11.0. The molecular formula is C13H12INO5. The molecule has 6 nitrogen and oxygen atoms in total. The van der Waals surface area contributed by atoms with E-state index in [0.29, 0.717) is 9.13 Å². The number of halogens is 1. The molecule has 1 atom stereocenters. The van der Waals surface area contributed by atoms with Crippen LogP contribution in [0.25, 0.3) is 0 Å². The third-order valence-corrected chi connectivity index (χ3v) is 3.78. The molecule has 0 aliphatic heterocycles. The van der Waals surface area contributed by atoms with Crippen LogP contribution < -0.4 is 0 Å². The number of phenols is 1. The van der Waals surface area contributed by atoms with E-state index in [4.69, 9.17) is 5.11 Å². The number of aromatic nitrogens is 1. The molecule has 0 aliphatic rings. The zero-order valence-corrected chi connectivity index (χ0v) is 12.4. The van der Waals surface area contributed by atoms with Crippen LogP contribution in [0, 0.1) is 3.57 Å². The Morgan fingerprint density at radius 2 is 1.75 bits per heavy atom. The van der Waals surface area contributed by atoms with Gasteiger partial charge in [-0.2, -0.15) is 0 Å². The van der Waals surface area contributed by atoms with Gasteiger partial charge >= 0.3 is 5.97 Å². The summed E-state index contributed by atoms with van der Waals surface area (Å²) in [5.74, 6) is -1.43. The second-order valence-corrected chi connectivity index (χ2v) is 5.41. The molecule has 0 aliphatic carbocycles. The van der Waals surface area contributed by atoms with Crippen LogP contribution in [0.3, 0.4) is 0 Å². The van der Waals surface area contributed by atoms with Crippen molar-refractivity contribution >= 4 is 28.6 Å². The Kier molecular flexibility index (Phi) is 4.07. The number of carbonyl (C=O) groups is 1. The fourth-order valence-electron chi connectivity index (χ4n) is 2.00. The summed E-state index contributed by atoms with van der Waals surface area (Å²) in [6, 6.07) is 6.43. The number of benzene rings is 1. The van der Waals surface area contributed by atoms with Crippen molar-refractivity contribution in [2.24, 2.45) is 0 Å². The van der Waals surface area contributed by atoms with Gasteiger partial charge in [-0.15, -0.1) is 0 Å². The maximum absolute atomic E-state index is 11.0. The predicted octanol–water partition coefficient (Wildman–Crippen LogP) is 2.27. The highest BCUT2D eigenvalue weighted by Gasteiger charge is 2.23. The molecule has 0 bridgehead atoms. The summed E-state index contributed by atoms with van der Waals surface area (Å²) < 4.78 is 1.69. The fraction of sp³-hybridized carbons (Fsp3) is 0.154. The van der Waals surface area contributed by atoms with Crippen LogP contribution in [-0.4, -0.2) is 31.0 Å². The van der Waals surface area contributed by atoms with Crippen LogP contribution in [0.15, 0.2) is 30.3 Å². The molecule has 106 valence electrons. The average Bonchev–Trinajstić information content (AvgIpc) is 2.70. The van der Waals surface area contributed by atoms with Gasteiger partial charge in [0, 0.05) is 12.1 Å². The molecule has 1 aromatic heterocycles. The molecule has 0 spiro atoms. The van der Waals surface area contributed by atoms with E-state index in [-0.39, 0.29) is 23.9 Å². The van der Waals surface area contributed by atoms with E-state index in [1.807, 2.05) is 22.6 Å². The van der Waals surface area contributed by atoms with Gasteiger partial charge in [0.1, 0.15) is 5.75 Å². The highest BCUT2D eigenvalue weighted by atomic mass is 127. The summed E-state index contributed by atoms with van der Waals surface area (Å²) in [5.41, 5.74) is 0.566. The van der Waals surface area contributed by atoms with Crippen LogP contribution in [0.4, 0.5) is 0 Å². The Balaban J connectivity index is 2.52. The number of rotatable bonds is 4. The fourth-order valence-corrected chi connectivity index (χ4v) is 2.54. The molecule has 1 heterocycles. The van der Waals surface area contributed by atoms with E-state index in [1.165, 1.54) is 18.2 Å². The van der Waals surface area contributed by atoms with Crippen LogP contribution in [0.1, 0.15) is 18.0 Å². The second kappa shape index (κ2) is 5.61. The Hall–Kier alpha value is -1.90. The van der Waals surface area contributed by atoms with Gasteiger partial charge in [0.25, 0.3) is 0 Å². The minimum absolute atomic E-state index is 0.0874. The van der Waals surface area contributed by atoms with E-state index >= 15 is 0 Å². The number of nitrogens with zero attached hydrogens (tertiary/aromatic N) is 1. The molecule has 1 aromatic carbocycles. The van der Waals surface area contributed by atoms with E-state index < -0.39 is 12.0 Å². The Bertz CT molecular complexity index is 633. The quantitative estimate of drug-likeness (QED) is 0.601. The highest BCUT2D eigenvalue weighted by Crippen LogP contribution is 2.34. The van der Waals surface area contributed by atoms with Gasteiger partial charge in [-0.05, 0) is 40.3 Å². The lowest BCUT2D eigenvalue weighted by molar-refractivity contribution is -0.137. The van der Waals surface area contributed by atoms with Gasteiger partial charge in [-0.1, -0.05) is 6.07 Å². The van der Waals surface area contributed by atoms with Crippen LogP contribution in [0.2, 0.25) is 0 Å². The van der Waals surface area contributed by atoms with Gasteiger partial charge in [0.2, 0.25) is 0 Å². The number of hydrogen-bond acceptors (Lipinski definition) is 4. The summed E-state index contributed by atoms with van der Waals surface area (Å²) in [6.45, 7) is 0. The van der Waals surface area contributed by atoms with Crippen molar-refractivity contribution in [1.29, 1.82) is 0 Å². The SMILES string of the molecule is O=C(O)CC(c1ccc(O)c(I)c1)n1c(O)ccc1O. The van der Waals surface area contributed by atoms with Gasteiger partial charge in [-0.3, -0.25) is 9.36 Å². The summed E-state index contributed by atoms with van der Waals surface area (Å²) in [7, 11) is 0. The molecule has 2 aromatic rings. The summed E-state index contributed by atoms with van der Waals surface area (Å²) >= 11 is 1.92. The van der Waals surface area contributed by atoms with E-state index in [9.17, 15) is 20.1 Å². The molecule has 0 radical (unpaired) electrons. The number of carboxylic acids is 1. The van der Waals surface area contributed by atoms with E-state index in [1.54, 1.807) is 12.1 Å². The van der Waals surface area contributed by atoms with Crippen molar-refractivity contribution in [3.63, 3.8) is 0 Å². The van der Waals surface area contributed by atoms with E-state index in [0.717, 1.165) is 4.57 Å². The van der Waals surface area contributed by atoms with Crippen molar-refractivity contribution < 1.29 is 25.2 Å². The molecule has 1 unspecified atom stereocenters. The summed E-state index contributed by atoms with van der Waals surface area (Å²) in [5, 5.41) is 38.1. The third kappa shape index (κ3) is 2.82. The first-order valence-electron chi connectivity index (χ1n) is 5.69. The minimum atomic E-state index is -1.06. The highest BCUT2D eigenvalue weighted by molar-refractivity contribution is 14.1. The van der Waals surface area contributed by atoms with Crippen LogP contribution in [0.5, 0.6) is 17.5 Å². The Morgan fingerprint density at radius 1 is 1.15 bits per heavy atom. The smallest absolute Gasteiger partial charge is 0.305 e. The molecule has 0 fully saturated rings. The van der Waals surface area contributed by atoms with Gasteiger partial charge in [0.15, 0.2) is 11.8 Å². The van der Waals surface area contributed by atoms with Crippen molar-refractivity contribution in [2.75, 3.05) is 0 Å². The molecule has 0 saturated heterocycles. The molecule has 20 heavy (non-hydrogen) atoms. The Labute approximate surface area is 128 Å². The van der Waals surface area contributed by atoms with Gasteiger partial charge < -0.3 is 20.4 Å². The zero-order valence-electron chi connectivity index (χ0n) is 10.2. The molecule has 0 saturated carbocycles. The molecular weight excluding hydrogens is 377 g/mol. The third-order valence-electron chi connectivity index (χ3n) is 2.91. The lowest BCUT2D eigenvalue weighted by atomic mass is 10.0. The molecule has 2 rings (SSSR count). The van der Waals surface area contributed by atoms with E-state index in [2.05, 4.69) is 0 Å². The lowest BCUT2D eigenvalue weighted by Gasteiger charge is -2.20. The van der Waals surface area contributed by atoms with Crippen LogP contribution in [-0.2, 0) is 4.79 Å². The van der Waals surface area contributed by atoms with Gasteiger partial charge in [0.05, 0.1) is 16.0 Å². The molecule has 0 amide bonds. The zero-order chi connectivity index (χ0) is 14.9. The average molecular weight is 389 g/mol. The number of carboxylic acid groups (broad SMARTS) is 1. The first-order valence-corrected chi connectivity index (χ1v) is 6.77. The largest absolute Gasteiger partial charge is 0.507 e. The monoisotopic (exact) mass is 389 g/mol. The normalized spacial score (nSPS) is 12.2. The lowest BCUT2D eigenvalue weighted by Crippen LogP contribution is -2.14. The second-order valence-electron chi connectivity index (χ2n) is 4.24. The maximum Gasteiger partial charge on any atom is 0.305 e. The van der Waals surface area contributed by atoms with Crippen molar-refractivity contribution in [1.82, 2.24) is 4.57 Å². The number of aliphatic carboxylic acids is 1. The number of hydrogen-bond donors (Lipinski definition) is 4. The standard InChI is InChI=1S/C13H12INO5/c14-8-5-7(1-2-10(8)16)9(6-13(19)20)15-11(17)3-4-12(15)18/h1-5,9,16-18H,6H2,(H,19,20). The van der Waals surface area contributed by atoms with Gasteiger partial charge in [-0.25, -0.2) is 0 Å². The van der Waals surface area contributed by atoms with Crippen molar-refractivity contribution in [2.45, 2.75) is 12.5 Å². The maximum atomic E-state index is 11.0. The number of phenolic OH excluding ortho intramolecular Hbond substituents is 1. The van der Waals surface area contributed by atoms with Crippen molar-refractivity contribution in [3.8, 4) is 17.5 Å². The molecule has 7 heteroatoms. The van der Waals surface area contributed by atoms with Crippen molar-refractivity contribution in [3.05, 3.63) is 39.5 Å². The number of aromatic hydroxyl groups is 3. The minimum Gasteiger partial charge on any atom is -0.507 e. The first kappa shape index (κ1) is 14.5. The Morgan fingerprint density at radius 3 is 2.25 bits per heavy atom. The predicted molar refractivity (Wildman–Crippen MR) is 79.0 cm³/mol. The molecule has 4 N–H and O–H groups in total. The topological polar surface area (TPSA) is 103 Å². The summed E-state index contributed by atoms with van der Waals surface area (Å²) in [6.07, 6.45) is -0.309. The van der Waals surface area contributed by atoms with Crippen LogP contribution >= 0.6 is 22.6 Å². The first-order chi connectivity index (χ1) is 9.40.